The molecule has 6 heteroatoms. The highest BCUT2D eigenvalue weighted by Crippen LogP contribution is 2.22. The van der Waals surface area contributed by atoms with Gasteiger partial charge in [0.1, 0.15) is 5.03 Å². The van der Waals surface area contributed by atoms with Crippen molar-refractivity contribution >= 4 is 17.7 Å². The Morgan fingerprint density at radius 3 is 2.84 bits per heavy atom. The fraction of sp³-hybridized carbons (Fsp3) is 0.421. The fourth-order valence-electron chi connectivity index (χ4n) is 3.26. The minimum Gasteiger partial charge on any atom is -0.341 e. The molecule has 5 nitrogen and oxygen atoms in total. The van der Waals surface area contributed by atoms with E-state index in [0.29, 0.717) is 6.04 Å². The first-order valence-corrected chi connectivity index (χ1v) is 9.73. The molecule has 2 heterocycles. The van der Waals surface area contributed by atoms with Gasteiger partial charge in [0.15, 0.2) is 0 Å². The molecule has 2 aromatic rings. The standard InChI is InChI=1S/C19H23N5S/c1-23(14-16-5-3-4-15(12-16)13-20)17-7-10-24(11-8-17)19-21-9-6-18(22-19)25-2/h3-6,9,12,17H,7-8,10-11,14H2,1-2H3. The molecule has 0 unspecified atom stereocenters. The second-order valence-corrected chi connectivity index (χ2v) is 7.17. The van der Waals surface area contributed by atoms with Crippen molar-refractivity contribution in [2.45, 2.75) is 30.5 Å². The number of rotatable bonds is 5. The number of benzene rings is 1. The van der Waals surface area contributed by atoms with Crippen LogP contribution in [0.3, 0.4) is 0 Å². The molecule has 0 amide bonds. The van der Waals surface area contributed by atoms with Crippen LogP contribution < -0.4 is 4.90 Å². The maximum absolute atomic E-state index is 9.04. The molecule has 0 saturated carbocycles. The molecule has 3 rings (SSSR count). The first-order chi connectivity index (χ1) is 12.2. The number of nitrogens with zero attached hydrogens (tertiary/aromatic N) is 5. The highest BCUT2D eigenvalue weighted by Gasteiger charge is 2.24. The van der Waals surface area contributed by atoms with Crippen LogP contribution >= 0.6 is 11.8 Å². The lowest BCUT2D eigenvalue weighted by molar-refractivity contribution is 0.200. The smallest absolute Gasteiger partial charge is 0.226 e. The van der Waals surface area contributed by atoms with E-state index >= 15 is 0 Å². The number of thioether (sulfide) groups is 1. The highest BCUT2D eigenvalue weighted by atomic mass is 32.2. The van der Waals surface area contributed by atoms with E-state index in [9.17, 15) is 0 Å². The van der Waals surface area contributed by atoms with Gasteiger partial charge in [-0.1, -0.05) is 12.1 Å². The lowest BCUT2D eigenvalue weighted by atomic mass is 10.0. The fourth-order valence-corrected chi connectivity index (χ4v) is 3.63. The third-order valence-corrected chi connectivity index (χ3v) is 5.33. The maximum atomic E-state index is 9.04. The van der Waals surface area contributed by atoms with Gasteiger partial charge in [-0.05, 0) is 49.9 Å². The van der Waals surface area contributed by atoms with Crippen LogP contribution in [0, 0.1) is 11.3 Å². The minimum atomic E-state index is 0.547. The third kappa shape index (κ3) is 4.50. The summed E-state index contributed by atoms with van der Waals surface area (Å²) in [6, 6.07) is 12.6. The summed E-state index contributed by atoms with van der Waals surface area (Å²) in [4.78, 5) is 13.7. The molecule has 25 heavy (non-hydrogen) atoms. The molecule has 1 aromatic carbocycles. The van der Waals surface area contributed by atoms with Crippen molar-refractivity contribution in [1.82, 2.24) is 14.9 Å². The Bertz CT molecular complexity index is 749. The Balaban J connectivity index is 1.57. The molecule has 0 aliphatic carbocycles. The van der Waals surface area contributed by atoms with E-state index in [4.69, 9.17) is 5.26 Å². The van der Waals surface area contributed by atoms with Crippen molar-refractivity contribution in [2.24, 2.45) is 0 Å². The Hall–Kier alpha value is -2.10. The average Bonchev–Trinajstić information content (AvgIpc) is 2.68. The second-order valence-electron chi connectivity index (χ2n) is 6.34. The quantitative estimate of drug-likeness (QED) is 0.608. The normalized spacial score (nSPS) is 15.4. The van der Waals surface area contributed by atoms with Crippen molar-refractivity contribution in [3.05, 3.63) is 47.7 Å². The van der Waals surface area contributed by atoms with Crippen LogP contribution in [0.15, 0.2) is 41.6 Å². The summed E-state index contributed by atoms with van der Waals surface area (Å²) in [5.74, 6) is 0.842. The van der Waals surface area contributed by atoms with Crippen LogP contribution in [0.2, 0.25) is 0 Å². The van der Waals surface area contributed by atoms with E-state index in [1.165, 1.54) is 5.56 Å². The Kier molecular flexibility index (Phi) is 5.90. The van der Waals surface area contributed by atoms with Gasteiger partial charge in [0.05, 0.1) is 11.6 Å². The number of hydrogen-bond donors (Lipinski definition) is 0. The van der Waals surface area contributed by atoms with Crippen molar-refractivity contribution in [1.29, 1.82) is 5.26 Å². The topological polar surface area (TPSA) is 56.1 Å². The van der Waals surface area contributed by atoms with E-state index in [2.05, 4.69) is 39.0 Å². The number of piperidine rings is 1. The zero-order valence-electron chi connectivity index (χ0n) is 14.7. The molecular weight excluding hydrogens is 330 g/mol. The molecular formula is C19H23N5S. The zero-order chi connectivity index (χ0) is 17.6. The van der Waals surface area contributed by atoms with E-state index in [1.807, 2.05) is 36.7 Å². The summed E-state index contributed by atoms with van der Waals surface area (Å²) >= 11 is 1.65. The molecule has 130 valence electrons. The Labute approximate surface area is 153 Å². The summed E-state index contributed by atoms with van der Waals surface area (Å²) in [6.07, 6.45) is 6.08. The molecule has 1 aliphatic heterocycles. The van der Waals surface area contributed by atoms with Gasteiger partial charge in [-0.3, -0.25) is 4.90 Å². The van der Waals surface area contributed by atoms with Crippen molar-refractivity contribution in [3.8, 4) is 6.07 Å². The monoisotopic (exact) mass is 353 g/mol. The lowest BCUT2D eigenvalue weighted by Crippen LogP contribution is -2.43. The summed E-state index contributed by atoms with van der Waals surface area (Å²) in [5.41, 5.74) is 1.92. The highest BCUT2D eigenvalue weighted by molar-refractivity contribution is 7.98. The van der Waals surface area contributed by atoms with E-state index in [-0.39, 0.29) is 0 Å². The minimum absolute atomic E-state index is 0.547. The molecule has 0 spiro atoms. The molecule has 1 aliphatic rings. The SMILES string of the molecule is CSc1ccnc(N2CCC(N(C)Cc3cccc(C#N)c3)CC2)n1. The Morgan fingerprint density at radius 1 is 1.32 bits per heavy atom. The summed E-state index contributed by atoms with van der Waals surface area (Å²) in [7, 11) is 2.17. The summed E-state index contributed by atoms with van der Waals surface area (Å²) in [5, 5.41) is 10.1. The molecule has 0 atom stereocenters. The van der Waals surface area contributed by atoms with Crippen LogP contribution in [-0.4, -0.2) is 47.3 Å². The maximum Gasteiger partial charge on any atom is 0.226 e. The first kappa shape index (κ1) is 17.7. The van der Waals surface area contributed by atoms with Gasteiger partial charge in [-0.2, -0.15) is 5.26 Å². The van der Waals surface area contributed by atoms with Crippen molar-refractivity contribution < 1.29 is 0 Å². The van der Waals surface area contributed by atoms with Gasteiger partial charge in [0.25, 0.3) is 0 Å². The molecule has 1 saturated heterocycles. The van der Waals surface area contributed by atoms with Crippen molar-refractivity contribution in [2.75, 3.05) is 31.3 Å². The predicted octanol–water partition coefficient (Wildman–Crippen LogP) is 3.17. The van der Waals surface area contributed by atoms with Gasteiger partial charge < -0.3 is 4.90 Å². The third-order valence-electron chi connectivity index (χ3n) is 4.69. The van der Waals surface area contributed by atoms with Gasteiger partial charge in [0.2, 0.25) is 5.95 Å². The zero-order valence-corrected chi connectivity index (χ0v) is 15.5. The van der Waals surface area contributed by atoms with Crippen LogP contribution in [-0.2, 0) is 6.54 Å². The first-order valence-electron chi connectivity index (χ1n) is 8.51. The van der Waals surface area contributed by atoms with Crippen LogP contribution in [0.1, 0.15) is 24.0 Å². The van der Waals surface area contributed by atoms with Crippen molar-refractivity contribution in [3.63, 3.8) is 0 Å². The van der Waals surface area contributed by atoms with Gasteiger partial charge in [0, 0.05) is 31.9 Å². The van der Waals surface area contributed by atoms with E-state index < -0.39 is 0 Å². The van der Waals surface area contributed by atoms with E-state index in [0.717, 1.165) is 49.0 Å². The molecule has 1 aromatic heterocycles. The van der Waals surface area contributed by atoms with Gasteiger partial charge >= 0.3 is 0 Å². The second kappa shape index (κ2) is 8.32. The number of anilines is 1. The largest absolute Gasteiger partial charge is 0.341 e. The Morgan fingerprint density at radius 2 is 2.12 bits per heavy atom. The van der Waals surface area contributed by atoms with Gasteiger partial charge in [-0.15, -0.1) is 11.8 Å². The molecule has 1 fully saturated rings. The van der Waals surface area contributed by atoms with Crippen LogP contribution in [0.5, 0.6) is 0 Å². The summed E-state index contributed by atoms with van der Waals surface area (Å²) in [6.45, 7) is 2.83. The van der Waals surface area contributed by atoms with Crippen LogP contribution in [0.25, 0.3) is 0 Å². The van der Waals surface area contributed by atoms with E-state index in [1.54, 1.807) is 11.8 Å². The van der Waals surface area contributed by atoms with Gasteiger partial charge in [-0.25, -0.2) is 9.97 Å². The average molecular weight is 353 g/mol. The lowest BCUT2D eigenvalue weighted by Gasteiger charge is -2.36. The number of hydrogen-bond acceptors (Lipinski definition) is 6. The molecule has 0 radical (unpaired) electrons. The molecule has 0 bridgehead atoms. The number of aromatic nitrogens is 2. The number of nitriles is 1. The molecule has 0 N–H and O–H groups in total. The predicted molar refractivity (Wildman–Crippen MR) is 102 cm³/mol. The summed E-state index contributed by atoms with van der Waals surface area (Å²) < 4.78 is 0. The van der Waals surface area contributed by atoms with Crippen LogP contribution in [0.4, 0.5) is 5.95 Å².